The van der Waals surface area contributed by atoms with Gasteiger partial charge in [-0.1, -0.05) is 134 Å². The van der Waals surface area contributed by atoms with Crippen molar-refractivity contribution in [1.29, 1.82) is 0 Å². The molecule has 7 heteroatoms. The fraction of sp³-hybridized carbons (Fsp3) is 0.164. The third kappa shape index (κ3) is 6.51. The quantitative estimate of drug-likeness (QED) is 0.152. The third-order valence-corrected chi connectivity index (χ3v) is 18.7. The van der Waals surface area contributed by atoms with Crippen LogP contribution in [-0.2, 0) is 0 Å². The highest BCUT2D eigenvalue weighted by Gasteiger charge is 2.39. The molecule has 4 heterocycles. The fourth-order valence-electron chi connectivity index (χ4n) is 12.2. The van der Waals surface area contributed by atoms with Gasteiger partial charge < -0.3 is 4.90 Å². The van der Waals surface area contributed by atoms with Gasteiger partial charge in [-0.3, -0.25) is 9.13 Å². The minimum atomic E-state index is -1.98. The number of nitrogens with zero attached hydrogens (tertiary/aromatic N) is 6. The minimum Gasteiger partial charge on any atom is -0.366 e. The molecule has 1 saturated heterocycles. The molecule has 1 aliphatic heterocycles. The maximum Gasteiger partial charge on any atom is 0.240 e. The number of anilines is 1. The van der Waals surface area contributed by atoms with E-state index in [1.165, 1.54) is 61.7 Å². The molecule has 4 unspecified atom stereocenters. The molecule has 68 heavy (non-hydrogen) atoms. The third-order valence-electron chi connectivity index (χ3n) is 14.8. The Morgan fingerprint density at radius 2 is 0.897 bits per heavy atom. The second-order valence-electron chi connectivity index (χ2n) is 19.1. The molecule has 1 aliphatic carbocycles. The van der Waals surface area contributed by atoms with Crippen molar-refractivity contribution in [3.8, 4) is 23.3 Å². The number of benzene rings is 8. The Balaban J connectivity index is 1.08. The smallest absolute Gasteiger partial charge is 0.240 e. The van der Waals surface area contributed by atoms with Crippen LogP contribution in [0.2, 0.25) is 0 Å². The number of aromatic nitrogens is 5. The van der Waals surface area contributed by atoms with Crippen LogP contribution in [0.5, 0.6) is 0 Å². The van der Waals surface area contributed by atoms with Crippen molar-refractivity contribution >= 4 is 59.3 Å². The topological polar surface area (TPSA) is 51.8 Å². The number of hydrogen-bond acceptors (Lipinski definition) is 4. The zero-order valence-corrected chi connectivity index (χ0v) is 39.2. The van der Waals surface area contributed by atoms with Crippen molar-refractivity contribution in [2.75, 3.05) is 4.90 Å². The molecule has 1 saturated carbocycles. The monoisotopic (exact) mass is 900 g/mol. The molecule has 2 bridgehead atoms. The van der Waals surface area contributed by atoms with Crippen LogP contribution in [0.3, 0.4) is 0 Å². The summed E-state index contributed by atoms with van der Waals surface area (Å²) in [6, 6.07) is 76.1. The van der Waals surface area contributed by atoms with Gasteiger partial charge in [0.25, 0.3) is 0 Å². The maximum atomic E-state index is 5.60. The van der Waals surface area contributed by atoms with Gasteiger partial charge in [-0.05, 0) is 123 Å². The average molecular weight is 901 g/mol. The Bertz CT molecular complexity index is 3500. The van der Waals surface area contributed by atoms with Gasteiger partial charge in [-0.2, -0.15) is 15.0 Å². The molecular weight excluding hydrogens is 849 g/mol. The summed E-state index contributed by atoms with van der Waals surface area (Å²) in [4.78, 5) is 24.4. The highest BCUT2D eigenvalue weighted by molar-refractivity contribution is 8.34. The molecule has 8 aromatic carbocycles. The number of piperidine rings is 1. The van der Waals surface area contributed by atoms with E-state index in [0.717, 1.165) is 50.2 Å². The molecule has 0 N–H and O–H groups in total. The lowest BCUT2D eigenvalue weighted by atomic mass is 9.72. The van der Waals surface area contributed by atoms with Gasteiger partial charge >= 0.3 is 0 Å². The van der Waals surface area contributed by atoms with E-state index < -0.39 is 10.0 Å². The second kappa shape index (κ2) is 16.4. The Morgan fingerprint density at radius 1 is 0.412 bits per heavy atom. The number of fused-ring (bicyclic) bond motifs is 8. The van der Waals surface area contributed by atoms with E-state index in [1.807, 2.05) is 0 Å². The molecule has 332 valence electrons. The van der Waals surface area contributed by atoms with Crippen LogP contribution in [0.15, 0.2) is 226 Å². The summed E-state index contributed by atoms with van der Waals surface area (Å²) in [5.74, 6) is 3.34. The van der Waals surface area contributed by atoms with Crippen molar-refractivity contribution in [1.82, 2.24) is 24.1 Å². The first-order valence-corrected chi connectivity index (χ1v) is 25.8. The van der Waals surface area contributed by atoms with Gasteiger partial charge in [0.1, 0.15) is 0 Å². The maximum absolute atomic E-state index is 5.60. The fourth-order valence-corrected chi connectivity index (χ4v) is 16.1. The molecule has 0 amide bonds. The van der Waals surface area contributed by atoms with E-state index in [9.17, 15) is 0 Å². The summed E-state index contributed by atoms with van der Waals surface area (Å²) in [5, 5.41) is 4.68. The largest absolute Gasteiger partial charge is 0.366 e. The molecule has 6 nitrogen and oxygen atoms in total. The van der Waals surface area contributed by atoms with Gasteiger partial charge in [0.2, 0.25) is 11.9 Å². The van der Waals surface area contributed by atoms with Crippen molar-refractivity contribution in [2.24, 2.45) is 11.8 Å². The predicted molar refractivity (Wildman–Crippen MR) is 281 cm³/mol. The highest BCUT2D eigenvalue weighted by atomic mass is 32.3. The second-order valence-corrected chi connectivity index (χ2v) is 22.2. The standard InChI is InChI=1S/C61H52N6S/c1-41-35-43-37-42(2)65(46(36-41)38-43)45-33-34-54-53-29-14-17-32-57(53)67(58(54)40-45)61-63-59(62-60(64-61)66-55-30-15-12-27-51(55)52-28-13-16-31-56(52)66)44-19-18-26-50(39-44)68(47-20-6-3-7-21-47,48-22-8-4-9-23-48)49-24-10-5-11-25-49/h3-34,39-43,46H,35-38H2,1-2H3. The van der Waals surface area contributed by atoms with Crippen LogP contribution in [0, 0.1) is 11.8 Å². The molecule has 2 fully saturated rings. The Kier molecular flexibility index (Phi) is 9.83. The van der Waals surface area contributed by atoms with Crippen LogP contribution >= 0.6 is 10.0 Å². The first-order valence-electron chi connectivity index (χ1n) is 24.2. The lowest BCUT2D eigenvalue weighted by Gasteiger charge is -2.50. The lowest BCUT2D eigenvalue weighted by Crippen LogP contribution is -2.51. The van der Waals surface area contributed by atoms with Crippen LogP contribution in [0.4, 0.5) is 5.69 Å². The van der Waals surface area contributed by atoms with Gasteiger partial charge in [-0.25, -0.2) is 0 Å². The SMILES string of the molecule is CC1CC2CC(C)N(c3ccc4c5ccccc5n(-c5nc(-c6cccc(S(c7ccccc7)(c7ccccc7)c7ccccc7)c6)nc(-n6c7ccccc7c7ccccc76)n5)c4c3)C(C1)C2. The van der Waals surface area contributed by atoms with Crippen LogP contribution in [0.1, 0.15) is 39.5 Å². The van der Waals surface area contributed by atoms with Crippen molar-refractivity contribution < 1.29 is 0 Å². The number of rotatable bonds is 8. The summed E-state index contributed by atoms with van der Waals surface area (Å²) >= 11 is 0. The summed E-state index contributed by atoms with van der Waals surface area (Å²) in [6.45, 7) is 4.88. The Morgan fingerprint density at radius 3 is 1.46 bits per heavy atom. The number of hydrogen-bond donors (Lipinski definition) is 0. The zero-order chi connectivity index (χ0) is 45.3. The van der Waals surface area contributed by atoms with Crippen LogP contribution in [-0.4, -0.2) is 36.2 Å². The Hall–Kier alpha value is -7.48. The van der Waals surface area contributed by atoms with Gasteiger partial charge in [-0.15, -0.1) is 10.0 Å². The van der Waals surface area contributed by atoms with Gasteiger partial charge in [0.15, 0.2) is 5.82 Å². The van der Waals surface area contributed by atoms with Gasteiger partial charge in [0.05, 0.1) is 22.1 Å². The summed E-state index contributed by atoms with van der Waals surface area (Å²) in [5.41, 5.74) is 6.47. The van der Waals surface area contributed by atoms with Crippen LogP contribution < -0.4 is 4.90 Å². The molecule has 0 radical (unpaired) electrons. The predicted octanol–water partition coefficient (Wildman–Crippen LogP) is 15.5. The zero-order valence-electron chi connectivity index (χ0n) is 38.4. The molecular formula is C61H52N6S. The molecule has 3 aromatic heterocycles. The summed E-state index contributed by atoms with van der Waals surface area (Å²) in [6.07, 6.45) is 5.10. The Labute approximate surface area is 398 Å². The van der Waals surface area contributed by atoms with Crippen LogP contribution in [0.25, 0.3) is 66.9 Å². The van der Waals surface area contributed by atoms with E-state index in [1.54, 1.807) is 0 Å². The van der Waals surface area contributed by atoms with E-state index in [-0.39, 0.29) is 0 Å². The first kappa shape index (κ1) is 40.8. The van der Waals surface area contributed by atoms with E-state index in [4.69, 9.17) is 15.0 Å². The van der Waals surface area contributed by atoms with Gasteiger partial charge in [0, 0.05) is 64.5 Å². The first-order chi connectivity index (χ1) is 33.5. The minimum absolute atomic E-state index is 0.469. The average Bonchev–Trinajstić information content (AvgIpc) is 3.90. The van der Waals surface area contributed by atoms with E-state index in [0.29, 0.717) is 29.8 Å². The van der Waals surface area contributed by atoms with Crippen molar-refractivity contribution in [3.63, 3.8) is 0 Å². The lowest BCUT2D eigenvalue weighted by molar-refractivity contribution is 0.179. The molecule has 11 aromatic rings. The van der Waals surface area contributed by atoms with Crippen molar-refractivity contribution in [2.45, 2.75) is 71.2 Å². The molecule has 4 atom stereocenters. The van der Waals surface area contributed by atoms with Crippen molar-refractivity contribution in [3.05, 3.63) is 206 Å². The van der Waals surface area contributed by atoms with E-state index in [2.05, 4.69) is 234 Å². The summed E-state index contributed by atoms with van der Waals surface area (Å²) < 4.78 is 4.53. The number of para-hydroxylation sites is 3. The summed E-state index contributed by atoms with van der Waals surface area (Å²) in [7, 11) is -1.98. The molecule has 13 rings (SSSR count). The van der Waals surface area contributed by atoms with E-state index >= 15 is 0 Å². The molecule has 2 aliphatic rings. The normalized spacial score (nSPS) is 18.7. The highest BCUT2D eigenvalue weighted by Crippen LogP contribution is 2.73. The molecule has 0 spiro atoms.